The van der Waals surface area contributed by atoms with Crippen LogP contribution in [0.25, 0.3) is 0 Å². The van der Waals surface area contributed by atoms with Crippen LogP contribution in [0.15, 0.2) is 5.38 Å². The first-order valence-electron chi connectivity index (χ1n) is 7.12. The first-order chi connectivity index (χ1) is 8.78. The van der Waals surface area contributed by atoms with Crippen molar-refractivity contribution in [2.75, 3.05) is 26.2 Å². The van der Waals surface area contributed by atoms with Gasteiger partial charge in [-0.05, 0) is 51.7 Å². The van der Waals surface area contributed by atoms with Gasteiger partial charge in [0.1, 0.15) is 5.01 Å². The zero-order valence-corrected chi connectivity index (χ0v) is 12.4. The summed E-state index contributed by atoms with van der Waals surface area (Å²) < 4.78 is 0. The van der Waals surface area contributed by atoms with E-state index in [-0.39, 0.29) is 0 Å². The molecule has 1 N–H and O–H groups in total. The summed E-state index contributed by atoms with van der Waals surface area (Å²) >= 11 is 1.80. The van der Waals surface area contributed by atoms with E-state index in [0.717, 1.165) is 18.2 Å². The Morgan fingerprint density at radius 1 is 1.56 bits per heavy atom. The van der Waals surface area contributed by atoms with E-state index in [1.54, 1.807) is 11.3 Å². The van der Waals surface area contributed by atoms with Gasteiger partial charge in [0.25, 0.3) is 0 Å². The molecule has 0 radical (unpaired) electrons. The molecule has 0 aromatic carbocycles. The Hall–Kier alpha value is -0.450. The minimum Gasteiger partial charge on any atom is -0.316 e. The summed E-state index contributed by atoms with van der Waals surface area (Å²) in [5.41, 5.74) is 1.16. The number of nitrogens with one attached hydrogen (secondary N) is 1. The van der Waals surface area contributed by atoms with Crippen LogP contribution in [0.2, 0.25) is 0 Å². The fraction of sp³-hybridized carbons (Fsp3) is 0.786. The molecule has 1 atom stereocenters. The van der Waals surface area contributed by atoms with Crippen molar-refractivity contribution in [3.05, 3.63) is 16.1 Å². The van der Waals surface area contributed by atoms with Gasteiger partial charge in [-0.15, -0.1) is 11.3 Å². The molecule has 4 heteroatoms. The highest BCUT2D eigenvalue weighted by molar-refractivity contribution is 7.09. The largest absolute Gasteiger partial charge is 0.316 e. The SMILES string of the molecule is CCCN(Cc1nc(C)cs1)CC1CCCNC1. The lowest BCUT2D eigenvalue weighted by Gasteiger charge is -2.29. The summed E-state index contributed by atoms with van der Waals surface area (Å²) in [6, 6.07) is 0. The third-order valence-corrected chi connectivity index (χ3v) is 4.43. The number of thiazole rings is 1. The van der Waals surface area contributed by atoms with E-state index in [2.05, 4.69) is 34.4 Å². The zero-order valence-electron chi connectivity index (χ0n) is 11.6. The third-order valence-electron chi connectivity index (χ3n) is 3.48. The van der Waals surface area contributed by atoms with Crippen molar-refractivity contribution >= 4 is 11.3 Å². The predicted octanol–water partition coefficient (Wildman–Crippen LogP) is 2.66. The van der Waals surface area contributed by atoms with Crippen molar-refractivity contribution in [2.45, 2.75) is 39.7 Å². The van der Waals surface area contributed by atoms with Crippen molar-refractivity contribution < 1.29 is 0 Å². The lowest BCUT2D eigenvalue weighted by Crippen LogP contribution is -2.38. The Kier molecular flexibility index (Phi) is 5.60. The fourth-order valence-corrected chi connectivity index (χ4v) is 3.48. The van der Waals surface area contributed by atoms with Gasteiger partial charge in [-0.2, -0.15) is 0 Å². The highest BCUT2D eigenvalue weighted by atomic mass is 32.1. The third kappa shape index (κ3) is 4.34. The van der Waals surface area contributed by atoms with E-state index in [9.17, 15) is 0 Å². The van der Waals surface area contributed by atoms with Gasteiger partial charge in [-0.1, -0.05) is 6.92 Å². The lowest BCUT2D eigenvalue weighted by molar-refractivity contribution is 0.201. The number of piperidine rings is 1. The van der Waals surface area contributed by atoms with Crippen LogP contribution in [0.5, 0.6) is 0 Å². The Balaban J connectivity index is 1.86. The summed E-state index contributed by atoms with van der Waals surface area (Å²) in [7, 11) is 0. The van der Waals surface area contributed by atoms with Crippen molar-refractivity contribution in [2.24, 2.45) is 5.92 Å². The summed E-state index contributed by atoms with van der Waals surface area (Å²) in [5.74, 6) is 0.825. The number of aromatic nitrogens is 1. The molecule has 102 valence electrons. The Morgan fingerprint density at radius 2 is 2.44 bits per heavy atom. The first kappa shape index (κ1) is 14.0. The van der Waals surface area contributed by atoms with Crippen molar-refractivity contribution in [3.8, 4) is 0 Å². The van der Waals surface area contributed by atoms with E-state index in [1.807, 2.05) is 0 Å². The smallest absolute Gasteiger partial charge is 0.107 e. The van der Waals surface area contributed by atoms with Gasteiger partial charge in [-0.25, -0.2) is 4.98 Å². The number of aryl methyl sites for hydroxylation is 1. The minimum absolute atomic E-state index is 0.825. The molecule has 0 bridgehead atoms. The minimum atomic E-state index is 0.825. The molecule has 1 aliphatic rings. The normalized spacial score (nSPS) is 20.5. The van der Waals surface area contributed by atoms with E-state index < -0.39 is 0 Å². The van der Waals surface area contributed by atoms with Gasteiger partial charge in [-0.3, -0.25) is 4.90 Å². The average Bonchev–Trinajstić information content (AvgIpc) is 2.76. The number of rotatable bonds is 6. The topological polar surface area (TPSA) is 28.2 Å². The van der Waals surface area contributed by atoms with E-state index in [0.29, 0.717) is 0 Å². The Labute approximate surface area is 115 Å². The van der Waals surface area contributed by atoms with Gasteiger partial charge in [0, 0.05) is 17.6 Å². The average molecular weight is 267 g/mol. The van der Waals surface area contributed by atoms with Crippen LogP contribution in [0.1, 0.15) is 36.9 Å². The standard InChI is InChI=1S/C14H25N3S/c1-3-7-17(9-13-5-4-6-15-8-13)10-14-16-12(2)11-18-14/h11,13,15H,3-10H2,1-2H3. The molecule has 2 rings (SSSR count). The van der Waals surface area contributed by atoms with Crippen molar-refractivity contribution in [3.63, 3.8) is 0 Å². The van der Waals surface area contributed by atoms with E-state index >= 15 is 0 Å². The second kappa shape index (κ2) is 7.22. The van der Waals surface area contributed by atoms with Gasteiger partial charge < -0.3 is 5.32 Å². The molecule has 1 aromatic heterocycles. The number of nitrogens with zero attached hydrogens (tertiary/aromatic N) is 2. The second-order valence-corrected chi connectivity index (χ2v) is 6.27. The second-order valence-electron chi connectivity index (χ2n) is 5.33. The maximum absolute atomic E-state index is 4.59. The molecule has 1 fully saturated rings. The van der Waals surface area contributed by atoms with Crippen LogP contribution >= 0.6 is 11.3 Å². The van der Waals surface area contributed by atoms with Crippen molar-refractivity contribution in [1.29, 1.82) is 0 Å². The molecule has 1 aromatic rings. The van der Waals surface area contributed by atoms with Crippen LogP contribution in [0.3, 0.4) is 0 Å². The molecule has 0 spiro atoms. The molecule has 0 amide bonds. The molecule has 1 unspecified atom stereocenters. The van der Waals surface area contributed by atoms with Gasteiger partial charge >= 0.3 is 0 Å². The monoisotopic (exact) mass is 267 g/mol. The Bertz CT molecular complexity index is 345. The highest BCUT2D eigenvalue weighted by Crippen LogP contribution is 2.16. The molecule has 1 aliphatic heterocycles. The van der Waals surface area contributed by atoms with Crippen LogP contribution in [0.4, 0.5) is 0 Å². The molecule has 18 heavy (non-hydrogen) atoms. The lowest BCUT2D eigenvalue weighted by atomic mass is 9.99. The predicted molar refractivity (Wildman–Crippen MR) is 78.0 cm³/mol. The molecular weight excluding hydrogens is 242 g/mol. The van der Waals surface area contributed by atoms with Gasteiger partial charge in [0.15, 0.2) is 0 Å². The van der Waals surface area contributed by atoms with E-state index in [4.69, 9.17) is 0 Å². The van der Waals surface area contributed by atoms with E-state index in [1.165, 1.54) is 50.4 Å². The first-order valence-corrected chi connectivity index (χ1v) is 8.00. The summed E-state index contributed by atoms with van der Waals surface area (Å²) in [4.78, 5) is 7.17. The van der Waals surface area contributed by atoms with Crippen LogP contribution in [0, 0.1) is 12.8 Å². The summed E-state index contributed by atoms with van der Waals surface area (Å²) in [5, 5.41) is 6.93. The summed E-state index contributed by atoms with van der Waals surface area (Å²) in [6.45, 7) is 10.2. The summed E-state index contributed by atoms with van der Waals surface area (Å²) in [6.07, 6.45) is 3.94. The molecule has 1 saturated heterocycles. The zero-order chi connectivity index (χ0) is 12.8. The van der Waals surface area contributed by atoms with Crippen molar-refractivity contribution in [1.82, 2.24) is 15.2 Å². The van der Waals surface area contributed by atoms with Crippen LogP contribution < -0.4 is 5.32 Å². The van der Waals surface area contributed by atoms with Crippen LogP contribution in [-0.2, 0) is 6.54 Å². The van der Waals surface area contributed by atoms with Gasteiger partial charge in [0.05, 0.1) is 6.54 Å². The molecule has 3 nitrogen and oxygen atoms in total. The molecular formula is C14H25N3S. The molecule has 0 saturated carbocycles. The fourth-order valence-electron chi connectivity index (χ4n) is 2.66. The highest BCUT2D eigenvalue weighted by Gasteiger charge is 2.17. The molecule has 0 aliphatic carbocycles. The maximum Gasteiger partial charge on any atom is 0.107 e. The number of hydrogen-bond donors (Lipinski definition) is 1. The number of hydrogen-bond acceptors (Lipinski definition) is 4. The quantitative estimate of drug-likeness (QED) is 0.859. The van der Waals surface area contributed by atoms with Crippen LogP contribution in [-0.4, -0.2) is 36.1 Å². The molecule has 2 heterocycles. The van der Waals surface area contributed by atoms with Gasteiger partial charge in [0.2, 0.25) is 0 Å². The Morgan fingerprint density at radius 3 is 3.06 bits per heavy atom. The maximum atomic E-state index is 4.59.